The molecule has 1 aromatic heterocycles. The molecule has 0 radical (unpaired) electrons. The third-order valence-electron chi connectivity index (χ3n) is 4.80. The summed E-state index contributed by atoms with van der Waals surface area (Å²) in [7, 11) is 4.41. The zero-order chi connectivity index (χ0) is 14.8. The number of likely N-dealkylation sites (N-methyl/N-ethyl adjacent to an activating group) is 1. The van der Waals surface area contributed by atoms with Crippen LogP contribution in [0.1, 0.15) is 57.7 Å². The molecule has 1 aliphatic rings. The fourth-order valence-corrected chi connectivity index (χ4v) is 3.50. The molecule has 2 N–H and O–H groups in total. The van der Waals surface area contributed by atoms with Crippen LogP contribution in [0.15, 0.2) is 12.5 Å². The summed E-state index contributed by atoms with van der Waals surface area (Å²) in [5.41, 5.74) is 7.83. The summed E-state index contributed by atoms with van der Waals surface area (Å²) in [6.45, 7) is 5.46. The van der Waals surface area contributed by atoms with E-state index < -0.39 is 0 Å². The molecule has 1 unspecified atom stereocenters. The number of nitrogens with zero attached hydrogens (tertiary/aromatic N) is 3. The van der Waals surface area contributed by atoms with Crippen LogP contribution in [0.3, 0.4) is 0 Å². The minimum Gasteiger partial charge on any atom is -0.331 e. The van der Waals surface area contributed by atoms with Gasteiger partial charge in [0.1, 0.15) is 0 Å². The maximum Gasteiger partial charge on any atom is 0.0949 e. The largest absolute Gasteiger partial charge is 0.331 e. The van der Waals surface area contributed by atoms with Crippen LogP contribution in [0.25, 0.3) is 0 Å². The first kappa shape index (κ1) is 15.5. The van der Waals surface area contributed by atoms with Gasteiger partial charge in [-0.15, -0.1) is 0 Å². The van der Waals surface area contributed by atoms with Gasteiger partial charge in [0.25, 0.3) is 0 Å². The lowest BCUT2D eigenvalue weighted by atomic mass is 9.95. The van der Waals surface area contributed by atoms with Crippen molar-refractivity contribution in [1.29, 1.82) is 0 Å². The monoisotopic (exact) mass is 278 g/mol. The molecular weight excluding hydrogens is 248 g/mol. The van der Waals surface area contributed by atoms with Crippen molar-refractivity contribution in [3.8, 4) is 0 Å². The molecule has 2 rings (SSSR count). The minimum atomic E-state index is 0.0955. The molecule has 1 heterocycles. The van der Waals surface area contributed by atoms with Crippen LogP contribution in [0, 0.1) is 5.92 Å². The molecule has 4 heteroatoms. The van der Waals surface area contributed by atoms with Gasteiger partial charge in [0.05, 0.1) is 12.0 Å². The van der Waals surface area contributed by atoms with Crippen LogP contribution in [0.4, 0.5) is 0 Å². The summed E-state index contributed by atoms with van der Waals surface area (Å²) in [6, 6.07) is 0.0955. The van der Waals surface area contributed by atoms with E-state index >= 15 is 0 Å². The standard InChI is InChI=1S/C16H30N4/c1-13(2)9-14(17)15-10-18-12-20(15)11-16(19(3)4)7-5-6-8-16/h10,12-14H,5-9,11,17H2,1-4H3. The Bertz CT molecular complexity index is 416. The van der Waals surface area contributed by atoms with E-state index in [1.807, 2.05) is 12.5 Å². The van der Waals surface area contributed by atoms with Gasteiger partial charge in [-0.1, -0.05) is 26.7 Å². The maximum absolute atomic E-state index is 6.36. The smallest absolute Gasteiger partial charge is 0.0949 e. The number of aromatic nitrogens is 2. The molecule has 1 saturated carbocycles. The summed E-state index contributed by atoms with van der Waals surface area (Å²) in [5, 5.41) is 0. The highest BCUT2D eigenvalue weighted by Gasteiger charge is 2.36. The molecule has 0 aliphatic heterocycles. The van der Waals surface area contributed by atoms with E-state index in [0.717, 1.165) is 13.0 Å². The Morgan fingerprint density at radius 2 is 2.00 bits per heavy atom. The first-order valence-corrected chi connectivity index (χ1v) is 7.88. The van der Waals surface area contributed by atoms with Crippen LogP contribution in [0.2, 0.25) is 0 Å². The molecule has 1 atom stereocenters. The van der Waals surface area contributed by atoms with Crippen LogP contribution >= 0.6 is 0 Å². The van der Waals surface area contributed by atoms with Gasteiger partial charge in [0.15, 0.2) is 0 Å². The van der Waals surface area contributed by atoms with Crippen molar-refractivity contribution in [3.63, 3.8) is 0 Å². The lowest BCUT2D eigenvalue weighted by Crippen LogP contribution is -2.45. The lowest BCUT2D eigenvalue weighted by Gasteiger charge is -2.37. The average molecular weight is 278 g/mol. The normalized spacial score (nSPS) is 19.9. The van der Waals surface area contributed by atoms with Crippen molar-refractivity contribution in [3.05, 3.63) is 18.2 Å². The molecule has 20 heavy (non-hydrogen) atoms. The minimum absolute atomic E-state index is 0.0955. The third-order valence-corrected chi connectivity index (χ3v) is 4.80. The number of hydrogen-bond donors (Lipinski definition) is 1. The zero-order valence-electron chi connectivity index (χ0n) is 13.5. The quantitative estimate of drug-likeness (QED) is 0.870. The highest BCUT2D eigenvalue weighted by Crippen LogP contribution is 2.36. The van der Waals surface area contributed by atoms with E-state index in [4.69, 9.17) is 5.73 Å². The Hall–Kier alpha value is -0.870. The van der Waals surface area contributed by atoms with Crippen LogP contribution in [0.5, 0.6) is 0 Å². The first-order chi connectivity index (χ1) is 9.44. The fraction of sp³-hybridized carbons (Fsp3) is 0.812. The Balaban J connectivity index is 2.15. The van der Waals surface area contributed by atoms with Gasteiger partial charge in [-0.3, -0.25) is 0 Å². The van der Waals surface area contributed by atoms with Crippen LogP contribution in [-0.4, -0.2) is 34.1 Å². The predicted octanol–water partition coefficient (Wildman–Crippen LogP) is 2.80. The predicted molar refractivity (Wildman–Crippen MR) is 83.5 cm³/mol. The molecule has 0 bridgehead atoms. The van der Waals surface area contributed by atoms with Gasteiger partial charge in [-0.05, 0) is 39.3 Å². The van der Waals surface area contributed by atoms with E-state index in [1.165, 1.54) is 31.4 Å². The molecule has 1 aromatic rings. The second kappa shape index (κ2) is 6.27. The Morgan fingerprint density at radius 3 is 2.55 bits per heavy atom. The molecule has 0 spiro atoms. The van der Waals surface area contributed by atoms with Gasteiger partial charge in [0, 0.05) is 24.3 Å². The molecule has 4 nitrogen and oxygen atoms in total. The van der Waals surface area contributed by atoms with Crippen LogP contribution in [-0.2, 0) is 6.54 Å². The zero-order valence-corrected chi connectivity index (χ0v) is 13.5. The first-order valence-electron chi connectivity index (χ1n) is 7.88. The molecule has 1 fully saturated rings. The highest BCUT2D eigenvalue weighted by molar-refractivity contribution is 5.07. The molecule has 0 aromatic carbocycles. The van der Waals surface area contributed by atoms with Gasteiger partial charge < -0.3 is 15.2 Å². The van der Waals surface area contributed by atoms with Crippen molar-refractivity contribution < 1.29 is 0 Å². The van der Waals surface area contributed by atoms with E-state index in [1.54, 1.807) is 0 Å². The Labute approximate surface area is 123 Å². The second-order valence-electron chi connectivity index (χ2n) is 7.01. The van der Waals surface area contributed by atoms with Gasteiger partial charge >= 0.3 is 0 Å². The average Bonchev–Trinajstić information content (AvgIpc) is 2.98. The van der Waals surface area contributed by atoms with Crippen LogP contribution < -0.4 is 5.73 Å². The van der Waals surface area contributed by atoms with Crippen molar-refractivity contribution in [1.82, 2.24) is 14.5 Å². The molecular formula is C16H30N4. The van der Waals surface area contributed by atoms with Gasteiger partial charge in [-0.25, -0.2) is 4.98 Å². The molecule has 0 saturated heterocycles. The summed E-state index contributed by atoms with van der Waals surface area (Å²) in [6.07, 6.45) is 10.1. The number of nitrogens with two attached hydrogens (primary N) is 1. The SMILES string of the molecule is CC(C)CC(N)c1cncn1CC1(N(C)C)CCCC1. The molecule has 0 amide bonds. The van der Waals surface area contributed by atoms with E-state index in [9.17, 15) is 0 Å². The topological polar surface area (TPSA) is 47.1 Å². The van der Waals surface area contributed by atoms with Crippen molar-refractivity contribution in [2.24, 2.45) is 11.7 Å². The number of imidazole rings is 1. The number of hydrogen-bond acceptors (Lipinski definition) is 3. The van der Waals surface area contributed by atoms with E-state index in [0.29, 0.717) is 5.92 Å². The molecule has 114 valence electrons. The highest BCUT2D eigenvalue weighted by atomic mass is 15.2. The lowest BCUT2D eigenvalue weighted by molar-refractivity contribution is 0.132. The molecule has 1 aliphatic carbocycles. The summed E-state index contributed by atoms with van der Waals surface area (Å²) >= 11 is 0. The Kier molecular flexibility index (Phi) is 4.86. The summed E-state index contributed by atoms with van der Waals surface area (Å²) in [5.74, 6) is 0.614. The van der Waals surface area contributed by atoms with Gasteiger partial charge in [0.2, 0.25) is 0 Å². The Morgan fingerprint density at radius 1 is 1.35 bits per heavy atom. The number of rotatable bonds is 6. The third kappa shape index (κ3) is 3.23. The van der Waals surface area contributed by atoms with Crippen molar-refractivity contribution >= 4 is 0 Å². The van der Waals surface area contributed by atoms with Crippen molar-refractivity contribution in [2.45, 2.75) is 64.1 Å². The summed E-state index contributed by atoms with van der Waals surface area (Å²) in [4.78, 5) is 6.75. The van der Waals surface area contributed by atoms with Gasteiger partial charge in [-0.2, -0.15) is 0 Å². The van der Waals surface area contributed by atoms with E-state index in [-0.39, 0.29) is 11.6 Å². The maximum atomic E-state index is 6.36. The van der Waals surface area contributed by atoms with E-state index in [2.05, 4.69) is 42.4 Å². The fourth-order valence-electron chi connectivity index (χ4n) is 3.50. The van der Waals surface area contributed by atoms with Crippen molar-refractivity contribution in [2.75, 3.05) is 14.1 Å². The summed E-state index contributed by atoms with van der Waals surface area (Å²) < 4.78 is 2.29. The second-order valence-corrected chi connectivity index (χ2v) is 7.01.